The number of nitrogens with zero attached hydrogens (tertiary/aromatic N) is 1. The van der Waals surface area contributed by atoms with Crippen molar-refractivity contribution in [1.82, 2.24) is 4.57 Å². The van der Waals surface area contributed by atoms with Crippen molar-refractivity contribution in [3.05, 3.63) is 35.5 Å². The Morgan fingerprint density at radius 2 is 1.54 bits per heavy atom. The first-order valence-corrected chi connectivity index (χ1v) is 7.97. The van der Waals surface area contributed by atoms with Gasteiger partial charge in [0.05, 0.1) is 5.52 Å². The van der Waals surface area contributed by atoms with E-state index < -0.39 is 23.3 Å². The van der Waals surface area contributed by atoms with Gasteiger partial charge in [-0.05, 0) is 66.2 Å². The van der Waals surface area contributed by atoms with Crippen molar-refractivity contribution in [2.45, 2.75) is 59.7 Å². The molecule has 1 heterocycles. The van der Waals surface area contributed by atoms with Gasteiger partial charge in [0.1, 0.15) is 16.9 Å². The molecule has 24 heavy (non-hydrogen) atoms. The standard InChI is InChI=1S/C19H25NO4/c1-12-9-8-10-14-13(12)11-15(16(21)23-18(2,3)4)20(14)17(22)24-19(5,6)7/h8-11H,1-7H3. The molecule has 2 aromatic rings. The van der Waals surface area contributed by atoms with Crippen LogP contribution < -0.4 is 0 Å². The highest BCUT2D eigenvalue weighted by Gasteiger charge is 2.28. The second kappa shape index (κ2) is 5.96. The number of rotatable bonds is 1. The van der Waals surface area contributed by atoms with E-state index in [1.165, 1.54) is 4.57 Å². The molecule has 0 radical (unpaired) electrons. The van der Waals surface area contributed by atoms with Gasteiger partial charge in [-0.2, -0.15) is 0 Å². The normalized spacial score (nSPS) is 12.3. The Bertz CT molecular complexity index is 788. The molecular formula is C19H25NO4. The summed E-state index contributed by atoms with van der Waals surface area (Å²) in [5.41, 5.74) is 0.456. The number of hydrogen-bond acceptors (Lipinski definition) is 4. The highest BCUT2D eigenvalue weighted by Crippen LogP contribution is 2.26. The minimum absolute atomic E-state index is 0.170. The topological polar surface area (TPSA) is 57.5 Å². The zero-order chi connectivity index (χ0) is 18.3. The molecule has 130 valence electrons. The smallest absolute Gasteiger partial charge is 0.419 e. The lowest BCUT2D eigenvalue weighted by atomic mass is 10.1. The van der Waals surface area contributed by atoms with Gasteiger partial charge in [0.15, 0.2) is 0 Å². The maximum absolute atomic E-state index is 12.7. The second-order valence-electron chi connectivity index (χ2n) is 7.85. The molecule has 0 amide bonds. The number of aromatic nitrogens is 1. The second-order valence-corrected chi connectivity index (χ2v) is 7.85. The van der Waals surface area contributed by atoms with Crippen molar-refractivity contribution >= 4 is 23.0 Å². The third kappa shape index (κ3) is 3.96. The van der Waals surface area contributed by atoms with E-state index in [9.17, 15) is 9.59 Å². The van der Waals surface area contributed by atoms with Gasteiger partial charge in [-0.1, -0.05) is 12.1 Å². The molecule has 0 saturated heterocycles. The van der Waals surface area contributed by atoms with Gasteiger partial charge in [0.2, 0.25) is 0 Å². The van der Waals surface area contributed by atoms with Crippen molar-refractivity contribution in [3.8, 4) is 0 Å². The van der Waals surface area contributed by atoms with E-state index in [0.717, 1.165) is 10.9 Å². The number of aryl methyl sites for hydroxylation is 1. The highest BCUT2D eigenvalue weighted by molar-refractivity contribution is 6.02. The molecule has 1 aromatic heterocycles. The Morgan fingerprint density at radius 3 is 2.08 bits per heavy atom. The number of carbonyl (C=O) groups is 2. The molecular weight excluding hydrogens is 306 g/mol. The fraction of sp³-hybridized carbons (Fsp3) is 0.474. The van der Waals surface area contributed by atoms with E-state index in [2.05, 4.69) is 0 Å². The largest absolute Gasteiger partial charge is 0.455 e. The van der Waals surface area contributed by atoms with Crippen LogP contribution in [0.4, 0.5) is 4.79 Å². The van der Waals surface area contributed by atoms with Gasteiger partial charge in [-0.15, -0.1) is 0 Å². The lowest BCUT2D eigenvalue weighted by Gasteiger charge is -2.22. The molecule has 0 saturated carbocycles. The summed E-state index contributed by atoms with van der Waals surface area (Å²) in [4.78, 5) is 25.3. The zero-order valence-electron chi connectivity index (χ0n) is 15.4. The number of esters is 1. The van der Waals surface area contributed by atoms with Gasteiger partial charge in [-0.25, -0.2) is 14.2 Å². The van der Waals surface area contributed by atoms with Gasteiger partial charge in [-0.3, -0.25) is 0 Å². The van der Waals surface area contributed by atoms with Crippen LogP contribution in [0.2, 0.25) is 0 Å². The molecule has 5 nitrogen and oxygen atoms in total. The Hall–Kier alpha value is -2.30. The quantitative estimate of drug-likeness (QED) is 0.711. The van der Waals surface area contributed by atoms with E-state index in [4.69, 9.17) is 9.47 Å². The Morgan fingerprint density at radius 1 is 0.958 bits per heavy atom. The number of benzene rings is 1. The van der Waals surface area contributed by atoms with E-state index in [-0.39, 0.29) is 5.69 Å². The molecule has 0 unspecified atom stereocenters. The number of carbonyl (C=O) groups excluding carboxylic acids is 2. The summed E-state index contributed by atoms with van der Waals surface area (Å²) in [6, 6.07) is 7.25. The van der Waals surface area contributed by atoms with Crippen molar-refractivity contribution in [3.63, 3.8) is 0 Å². The van der Waals surface area contributed by atoms with E-state index in [1.807, 2.05) is 19.1 Å². The van der Waals surface area contributed by atoms with Crippen LogP contribution in [0, 0.1) is 6.92 Å². The lowest BCUT2D eigenvalue weighted by Crippen LogP contribution is -2.31. The van der Waals surface area contributed by atoms with Crippen LogP contribution in [0.1, 0.15) is 57.6 Å². The average Bonchev–Trinajstić information content (AvgIpc) is 2.75. The van der Waals surface area contributed by atoms with Crippen molar-refractivity contribution in [2.75, 3.05) is 0 Å². The van der Waals surface area contributed by atoms with Gasteiger partial charge >= 0.3 is 12.1 Å². The summed E-state index contributed by atoms with van der Waals surface area (Å²) in [5, 5.41) is 0.823. The van der Waals surface area contributed by atoms with Crippen molar-refractivity contribution in [2.24, 2.45) is 0 Å². The molecule has 0 aliphatic heterocycles. The van der Waals surface area contributed by atoms with Gasteiger partial charge in [0.25, 0.3) is 0 Å². The predicted octanol–water partition coefficient (Wildman–Crippen LogP) is 4.69. The first kappa shape index (κ1) is 18.0. The zero-order valence-corrected chi connectivity index (χ0v) is 15.4. The Kier molecular flexibility index (Phi) is 4.48. The number of fused-ring (bicyclic) bond motifs is 1. The molecule has 0 aliphatic rings. The van der Waals surface area contributed by atoms with Crippen LogP contribution in [0.15, 0.2) is 24.3 Å². The molecule has 0 spiro atoms. The monoisotopic (exact) mass is 331 g/mol. The molecule has 1 aromatic carbocycles. The van der Waals surface area contributed by atoms with Gasteiger partial charge in [0, 0.05) is 5.39 Å². The fourth-order valence-corrected chi connectivity index (χ4v) is 2.36. The summed E-state index contributed by atoms with van der Waals surface area (Å²) >= 11 is 0. The van der Waals surface area contributed by atoms with Gasteiger partial charge < -0.3 is 9.47 Å². The number of hydrogen-bond donors (Lipinski definition) is 0. The van der Waals surface area contributed by atoms with E-state index in [1.54, 1.807) is 53.7 Å². The van der Waals surface area contributed by atoms with E-state index >= 15 is 0 Å². The Labute approximate surface area is 142 Å². The van der Waals surface area contributed by atoms with Crippen molar-refractivity contribution < 1.29 is 19.1 Å². The summed E-state index contributed by atoms with van der Waals surface area (Å²) in [5.74, 6) is -0.552. The van der Waals surface area contributed by atoms with Crippen LogP contribution in [0.25, 0.3) is 10.9 Å². The van der Waals surface area contributed by atoms with Crippen LogP contribution >= 0.6 is 0 Å². The van der Waals surface area contributed by atoms with Crippen molar-refractivity contribution in [1.29, 1.82) is 0 Å². The van der Waals surface area contributed by atoms with Crippen LogP contribution in [0.3, 0.4) is 0 Å². The molecule has 0 N–H and O–H groups in total. The maximum Gasteiger partial charge on any atom is 0.419 e. The molecule has 2 rings (SSSR count). The summed E-state index contributed by atoms with van der Waals surface area (Å²) in [6.45, 7) is 12.7. The predicted molar refractivity (Wildman–Crippen MR) is 93.5 cm³/mol. The SMILES string of the molecule is Cc1cccc2c1cc(C(=O)OC(C)(C)C)n2C(=O)OC(C)(C)C. The average molecular weight is 331 g/mol. The molecule has 0 bridgehead atoms. The molecule has 0 aliphatic carbocycles. The lowest BCUT2D eigenvalue weighted by molar-refractivity contribution is 0.00501. The Balaban J connectivity index is 2.61. The summed E-state index contributed by atoms with van der Waals surface area (Å²) in [6.07, 6.45) is -0.594. The minimum atomic E-state index is -0.664. The summed E-state index contributed by atoms with van der Waals surface area (Å²) in [7, 11) is 0. The molecule has 5 heteroatoms. The number of ether oxygens (including phenoxy) is 2. The minimum Gasteiger partial charge on any atom is -0.455 e. The third-order valence-corrected chi connectivity index (χ3v) is 3.25. The first-order chi connectivity index (χ1) is 10.9. The van der Waals surface area contributed by atoms with E-state index in [0.29, 0.717) is 5.52 Å². The van der Waals surface area contributed by atoms with Crippen LogP contribution in [-0.2, 0) is 9.47 Å². The summed E-state index contributed by atoms with van der Waals surface area (Å²) < 4.78 is 12.2. The highest BCUT2D eigenvalue weighted by atomic mass is 16.6. The molecule has 0 fully saturated rings. The fourth-order valence-electron chi connectivity index (χ4n) is 2.36. The van der Waals surface area contributed by atoms with Crippen LogP contribution in [0.5, 0.6) is 0 Å². The molecule has 0 atom stereocenters. The maximum atomic E-state index is 12.7. The van der Waals surface area contributed by atoms with Crippen LogP contribution in [-0.4, -0.2) is 27.8 Å². The first-order valence-electron chi connectivity index (χ1n) is 7.97. The third-order valence-electron chi connectivity index (χ3n) is 3.25.